The number of fused-ring (bicyclic) bond motifs is 3. The third kappa shape index (κ3) is 3.08. The fourth-order valence-electron chi connectivity index (χ4n) is 4.55. The molecule has 0 saturated heterocycles. The van der Waals surface area contributed by atoms with Crippen molar-refractivity contribution in [1.82, 2.24) is 4.57 Å². The molecule has 2 heterocycles. The Labute approximate surface area is 195 Å². The summed E-state index contributed by atoms with van der Waals surface area (Å²) in [6, 6.07) is 24.3. The van der Waals surface area contributed by atoms with Gasteiger partial charge in [0, 0.05) is 16.6 Å². The third-order valence-electron chi connectivity index (χ3n) is 6.00. The predicted octanol–water partition coefficient (Wildman–Crippen LogP) is 4.23. The van der Waals surface area contributed by atoms with Crippen LogP contribution < -0.4 is 25.5 Å². The Bertz CT molecular complexity index is 1550. The van der Waals surface area contributed by atoms with Crippen molar-refractivity contribution in [2.45, 2.75) is 5.92 Å². The Morgan fingerprint density at radius 2 is 1.71 bits per heavy atom. The molecule has 7 heteroatoms. The van der Waals surface area contributed by atoms with Crippen LogP contribution in [-0.4, -0.2) is 18.8 Å². The van der Waals surface area contributed by atoms with E-state index in [-0.39, 0.29) is 17.0 Å². The van der Waals surface area contributed by atoms with Crippen molar-refractivity contribution >= 4 is 10.9 Å². The number of rotatable bonds is 4. The quantitative estimate of drug-likeness (QED) is 0.499. The molecule has 2 N–H and O–H groups in total. The lowest BCUT2D eigenvalue weighted by atomic mass is 9.82. The van der Waals surface area contributed by atoms with Crippen molar-refractivity contribution < 1.29 is 14.2 Å². The summed E-state index contributed by atoms with van der Waals surface area (Å²) in [6.45, 7) is 0. The summed E-state index contributed by atoms with van der Waals surface area (Å²) in [6.07, 6.45) is 0. The number of ether oxygens (including phenoxy) is 3. The molecule has 0 aliphatic carbocycles. The number of para-hydroxylation sites is 3. The maximum atomic E-state index is 14.2. The van der Waals surface area contributed by atoms with Gasteiger partial charge < -0.3 is 19.9 Å². The van der Waals surface area contributed by atoms with E-state index >= 15 is 0 Å². The highest BCUT2D eigenvalue weighted by atomic mass is 16.5. The summed E-state index contributed by atoms with van der Waals surface area (Å²) in [5.41, 5.74) is 8.31. The normalized spacial score (nSPS) is 14.8. The average Bonchev–Trinajstić information content (AvgIpc) is 2.88. The van der Waals surface area contributed by atoms with Crippen molar-refractivity contribution in [2.75, 3.05) is 14.2 Å². The molecule has 0 amide bonds. The second kappa shape index (κ2) is 8.34. The van der Waals surface area contributed by atoms with Crippen LogP contribution in [0.15, 0.2) is 89.0 Å². The number of benzene rings is 3. The Balaban J connectivity index is 1.94. The lowest BCUT2D eigenvalue weighted by molar-refractivity contribution is 0.349. The summed E-state index contributed by atoms with van der Waals surface area (Å²) in [4.78, 5) is 14.2. The minimum Gasteiger partial charge on any atom is -0.493 e. The van der Waals surface area contributed by atoms with Crippen molar-refractivity contribution in [3.8, 4) is 29.0 Å². The van der Waals surface area contributed by atoms with Gasteiger partial charge in [0.1, 0.15) is 17.4 Å². The molecule has 0 saturated carbocycles. The van der Waals surface area contributed by atoms with Crippen molar-refractivity contribution in [3.05, 3.63) is 106 Å². The first-order valence-corrected chi connectivity index (χ1v) is 10.6. The molecule has 1 aliphatic heterocycles. The lowest BCUT2D eigenvalue weighted by Crippen LogP contribution is -2.31. The highest BCUT2D eigenvalue weighted by Gasteiger charge is 2.37. The summed E-state index contributed by atoms with van der Waals surface area (Å²) < 4.78 is 18.7. The smallest absolute Gasteiger partial charge is 0.263 e. The summed E-state index contributed by atoms with van der Waals surface area (Å²) >= 11 is 0. The van der Waals surface area contributed by atoms with E-state index < -0.39 is 5.92 Å². The van der Waals surface area contributed by atoms with Gasteiger partial charge in [0.05, 0.1) is 31.2 Å². The third-order valence-corrected chi connectivity index (χ3v) is 6.00. The zero-order valence-corrected chi connectivity index (χ0v) is 18.6. The van der Waals surface area contributed by atoms with Crippen molar-refractivity contribution in [2.24, 2.45) is 5.73 Å². The SMILES string of the molecule is COc1cccc(C2C(C#N)=C(N)Oc3c2c(=O)n(-c2ccccc2)c2ccccc32)c1OC. The van der Waals surface area contributed by atoms with Gasteiger partial charge in [-0.1, -0.05) is 42.5 Å². The van der Waals surface area contributed by atoms with E-state index in [0.29, 0.717) is 45.0 Å². The van der Waals surface area contributed by atoms with Gasteiger partial charge in [-0.05, 0) is 30.3 Å². The second-order valence-corrected chi connectivity index (χ2v) is 7.74. The first-order chi connectivity index (χ1) is 16.6. The zero-order valence-electron chi connectivity index (χ0n) is 18.6. The molecule has 1 atom stereocenters. The highest BCUT2D eigenvalue weighted by Crippen LogP contribution is 2.47. The lowest BCUT2D eigenvalue weighted by Gasteiger charge is -2.29. The monoisotopic (exact) mass is 451 g/mol. The van der Waals surface area contributed by atoms with Crippen LogP contribution in [0, 0.1) is 11.3 Å². The van der Waals surface area contributed by atoms with Crippen LogP contribution in [0.5, 0.6) is 17.2 Å². The van der Waals surface area contributed by atoms with E-state index in [4.69, 9.17) is 19.9 Å². The van der Waals surface area contributed by atoms with E-state index in [1.807, 2.05) is 54.6 Å². The standard InChI is InChI=1S/C27H21N3O4/c1-32-21-14-8-12-18(24(21)33-2)22-19(15-28)26(29)34-25-17-11-6-7-13-20(17)30(27(31)23(22)25)16-9-4-3-5-10-16/h3-14,22H,29H2,1-2H3. The molecule has 4 aromatic rings. The molecule has 1 aromatic heterocycles. The molecule has 0 radical (unpaired) electrons. The molecule has 3 aromatic carbocycles. The molecule has 34 heavy (non-hydrogen) atoms. The predicted molar refractivity (Wildman–Crippen MR) is 128 cm³/mol. The van der Waals surface area contributed by atoms with E-state index in [1.54, 1.807) is 22.8 Å². The molecule has 0 bridgehead atoms. The second-order valence-electron chi connectivity index (χ2n) is 7.74. The topological polar surface area (TPSA) is 99.5 Å². The minimum atomic E-state index is -0.814. The number of nitriles is 1. The first-order valence-electron chi connectivity index (χ1n) is 10.6. The molecule has 168 valence electrons. The number of aromatic nitrogens is 1. The molecule has 0 spiro atoms. The maximum absolute atomic E-state index is 14.2. The van der Waals surface area contributed by atoms with Crippen LogP contribution in [0.25, 0.3) is 16.6 Å². The number of hydrogen-bond donors (Lipinski definition) is 1. The van der Waals surface area contributed by atoms with Gasteiger partial charge in [0.2, 0.25) is 5.88 Å². The molecule has 7 nitrogen and oxygen atoms in total. The van der Waals surface area contributed by atoms with Gasteiger partial charge in [0.15, 0.2) is 11.5 Å². The minimum absolute atomic E-state index is 0.0492. The Hall–Kier alpha value is -4.70. The number of hydrogen-bond acceptors (Lipinski definition) is 6. The molecular formula is C27H21N3O4. The van der Waals surface area contributed by atoms with Crippen molar-refractivity contribution in [1.29, 1.82) is 5.26 Å². The first kappa shape index (κ1) is 21.2. The van der Waals surface area contributed by atoms with E-state index in [9.17, 15) is 10.1 Å². The van der Waals surface area contributed by atoms with Crippen LogP contribution in [-0.2, 0) is 0 Å². The van der Waals surface area contributed by atoms with E-state index in [0.717, 1.165) is 0 Å². The highest BCUT2D eigenvalue weighted by molar-refractivity contribution is 5.89. The number of pyridine rings is 1. The average molecular weight is 451 g/mol. The Kier molecular flexibility index (Phi) is 5.19. The van der Waals surface area contributed by atoms with Gasteiger partial charge in [-0.3, -0.25) is 9.36 Å². The summed E-state index contributed by atoms with van der Waals surface area (Å²) in [7, 11) is 3.05. The van der Waals surface area contributed by atoms with E-state index in [2.05, 4.69) is 6.07 Å². The van der Waals surface area contributed by atoms with Crippen LogP contribution >= 0.6 is 0 Å². The van der Waals surface area contributed by atoms with Crippen LogP contribution in [0.3, 0.4) is 0 Å². The van der Waals surface area contributed by atoms with E-state index in [1.165, 1.54) is 14.2 Å². The fourth-order valence-corrected chi connectivity index (χ4v) is 4.55. The van der Waals surface area contributed by atoms with Gasteiger partial charge in [-0.15, -0.1) is 0 Å². The summed E-state index contributed by atoms with van der Waals surface area (Å²) in [5, 5.41) is 10.8. The molecular weight excluding hydrogens is 430 g/mol. The number of nitrogens with zero attached hydrogens (tertiary/aromatic N) is 2. The molecule has 1 unspecified atom stereocenters. The Morgan fingerprint density at radius 3 is 2.41 bits per heavy atom. The fraction of sp³-hybridized carbons (Fsp3) is 0.111. The van der Waals surface area contributed by atoms with Gasteiger partial charge in [-0.25, -0.2) is 0 Å². The largest absolute Gasteiger partial charge is 0.493 e. The zero-order chi connectivity index (χ0) is 23.8. The van der Waals surface area contributed by atoms with Gasteiger partial charge >= 0.3 is 0 Å². The van der Waals surface area contributed by atoms with Gasteiger partial charge in [0.25, 0.3) is 5.56 Å². The molecule has 0 fully saturated rings. The van der Waals surface area contributed by atoms with Crippen molar-refractivity contribution in [3.63, 3.8) is 0 Å². The summed E-state index contributed by atoms with van der Waals surface area (Å²) in [5.74, 6) is 0.368. The van der Waals surface area contributed by atoms with Crippen LogP contribution in [0.1, 0.15) is 17.0 Å². The molecule has 1 aliphatic rings. The van der Waals surface area contributed by atoms with Crippen LogP contribution in [0.4, 0.5) is 0 Å². The van der Waals surface area contributed by atoms with Gasteiger partial charge in [-0.2, -0.15) is 5.26 Å². The number of methoxy groups -OCH3 is 2. The van der Waals surface area contributed by atoms with Crippen LogP contribution in [0.2, 0.25) is 0 Å². The maximum Gasteiger partial charge on any atom is 0.263 e. The molecule has 5 rings (SSSR count). The Morgan fingerprint density at radius 1 is 0.971 bits per heavy atom. The number of nitrogens with two attached hydrogens (primary N) is 1. The number of allylic oxidation sites excluding steroid dienone is 1.